The number of amides is 4. The van der Waals surface area contributed by atoms with Crippen molar-refractivity contribution in [3.63, 3.8) is 0 Å². The van der Waals surface area contributed by atoms with Gasteiger partial charge in [-0.3, -0.25) is 24.1 Å². The van der Waals surface area contributed by atoms with Gasteiger partial charge < -0.3 is 29.6 Å². The summed E-state index contributed by atoms with van der Waals surface area (Å²) < 4.78 is 20.3. The first-order valence-electron chi connectivity index (χ1n) is 15.6. The molecule has 0 spiro atoms. The Hall–Kier alpha value is -2.34. The molecule has 2 fully saturated rings. The van der Waals surface area contributed by atoms with E-state index >= 15 is 0 Å². The van der Waals surface area contributed by atoms with E-state index in [-0.39, 0.29) is 23.6 Å². The van der Waals surface area contributed by atoms with E-state index < -0.39 is 0 Å². The maximum Gasteiger partial charge on any atom is 0.253 e. The third kappa shape index (κ3) is 15.8. The van der Waals surface area contributed by atoms with Crippen molar-refractivity contribution < 1.29 is 38.1 Å². The minimum Gasteiger partial charge on any atom is -0.382 e. The first-order chi connectivity index (χ1) is 20.4. The van der Waals surface area contributed by atoms with Crippen molar-refractivity contribution in [3.8, 4) is 0 Å². The summed E-state index contributed by atoms with van der Waals surface area (Å²) >= 11 is 0. The molecule has 3 aliphatic rings. The van der Waals surface area contributed by atoms with Gasteiger partial charge in [-0.1, -0.05) is 25.7 Å². The molecule has 3 rings (SSSR count). The Kier molecular flexibility index (Phi) is 19.0. The van der Waals surface area contributed by atoms with Crippen LogP contribution in [0.3, 0.4) is 0 Å². The molecule has 1 heterocycles. The molecule has 11 heteroatoms. The Morgan fingerprint density at radius 2 is 1.19 bits per heavy atom. The van der Waals surface area contributed by atoms with Gasteiger partial charge in [0.25, 0.3) is 11.8 Å². The van der Waals surface area contributed by atoms with Gasteiger partial charge >= 0.3 is 0 Å². The first kappa shape index (κ1) is 35.9. The Bertz CT molecular complexity index is 813. The highest BCUT2D eigenvalue weighted by atomic mass is 16.5. The third-order valence-electron chi connectivity index (χ3n) is 7.94. The van der Waals surface area contributed by atoms with Crippen LogP contribution in [-0.4, -0.2) is 102 Å². The molecule has 4 amide bonds. The van der Waals surface area contributed by atoms with Crippen molar-refractivity contribution in [2.24, 2.45) is 17.8 Å². The number of nitrogens with one attached hydrogen (secondary N) is 2. The van der Waals surface area contributed by atoms with Crippen molar-refractivity contribution in [2.75, 3.05) is 73.5 Å². The van der Waals surface area contributed by atoms with Crippen LogP contribution in [0, 0.1) is 17.8 Å². The molecule has 0 bridgehead atoms. The van der Waals surface area contributed by atoms with Crippen LogP contribution in [0.25, 0.3) is 0 Å². The Morgan fingerprint density at radius 3 is 1.74 bits per heavy atom. The van der Waals surface area contributed by atoms with Gasteiger partial charge in [0.2, 0.25) is 11.8 Å². The van der Waals surface area contributed by atoms with Gasteiger partial charge in [-0.25, -0.2) is 0 Å². The number of rotatable bonds is 18. The van der Waals surface area contributed by atoms with E-state index in [1.807, 2.05) is 0 Å². The van der Waals surface area contributed by atoms with Crippen LogP contribution in [0.5, 0.6) is 0 Å². The molecule has 1 aliphatic heterocycles. The van der Waals surface area contributed by atoms with Gasteiger partial charge in [-0.2, -0.15) is 0 Å². The Labute approximate surface area is 251 Å². The predicted octanol–water partition coefficient (Wildman–Crippen LogP) is 2.62. The lowest BCUT2D eigenvalue weighted by Gasteiger charge is -2.31. The number of carbonyl (C=O) groups is 4. The highest BCUT2D eigenvalue weighted by Gasteiger charge is 2.29. The summed E-state index contributed by atoms with van der Waals surface area (Å²) in [4.78, 5) is 48.0. The Balaban J connectivity index is 0.000000317. The van der Waals surface area contributed by atoms with Gasteiger partial charge in [0.15, 0.2) is 0 Å². The van der Waals surface area contributed by atoms with Gasteiger partial charge in [0.1, 0.15) is 0 Å². The van der Waals surface area contributed by atoms with Crippen LogP contribution in [-0.2, 0) is 38.1 Å². The van der Waals surface area contributed by atoms with Crippen LogP contribution in [0.1, 0.15) is 70.6 Å². The molecule has 0 saturated heterocycles. The standard InChI is InChI=1S/C18H28N2O5.C13H25NO3/c1-24-9-10-25-8-7-16(21)19-12-14-3-2-4-15(11-14)13-20-17(22)5-6-18(20)23;1-16-9-10-17-8-7-13(15)14-11-12-5-3-2-4-6-12/h5-6,14-15H,2-4,7-13H2,1H3,(H,19,21);12H,2-11H2,1H3,(H,14,15). The SMILES string of the molecule is COCCOCCC(=O)NCC1CCCC(CN2C(=O)C=CC2=O)C1.COCCOCCC(=O)NCC1CCCCC1. The summed E-state index contributed by atoms with van der Waals surface area (Å²) in [5.74, 6) is 1.09. The average Bonchev–Trinajstić information content (AvgIpc) is 3.32. The maximum absolute atomic E-state index is 11.8. The van der Waals surface area contributed by atoms with Gasteiger partial charge in [-0.05, 0) is 49.9 Å². The highest BCUT2D eigenvalue weighted by Crippen LogP contribution is 2.30. The average molecular weight is 596 g/mol. The number of carbonyl (C=O) groups excluding carboxylic acids is 4. The lowest BCUT2D eigenvalue weighted by molar-refractivity contribution is -0.137. The van der Waals surface area contributed by atoms with Crippen molar-refractivity contribution in [2.45, 2.75) is 70.6 Å². The molecule has 2 aliphatic carbocycles. The van der Waals surface area contributed by atoms with E-state index in [9.17, 15) is 19.2 Å². The number of methoxy groups -OCH3 is 2. The minimum atomic E-state index is -0.214. The molecule has 240 valence electrons. The molecule has 0 radical (unpaired) electrons. The second-order valence-corrected chi connectivity index (χ2v) is 11.3. The van der Waals surface area contributed by atoms with E-state index in [1.54, 1.807) is 14.2 Å². The highest BCUT2D eigenvalue weighted by molar-refractivity contribution is 6.12. The fourth-order valence-electron chi connectivity index (χ4n) is 5.53. The lowest BCUT2D eigenvalue weighted by Crippen LogP contribution is -2.38. The third-order valence-corrected chi connectivity index (χ3v) is 7.94. The molecule has 42 heavy (non-hydrogen) atoms. The fraction of sp³-hybridized carbons (Fsp3) is 0.806. The summed E-state index contributed by atoms with van der Waals surface area (Å²) in [6.07, 6.45) is 14.1. The zero-order chi connectivity index (χ0) is 30.4. The largest absolute Gasteiger partial charge is 0.382 e. The molecular weight excluding hydrogens is 542 g/mol. The fourth-order valence-corrected chi connectivity index (χ4v) is 5.53. The second kappa shape index (κ2) is 22.2. The summed E-state index contributed by atoms with van der Waals surface area (Å²) in [6.45, 7) is 5.04. The van der Waals surface area contributed by atoms with E-state index in [2.05, 4.69) is 10.6 Å². The van der Waals surface area contributed by atoms with Gasteiger partial charge in [-0.15, -0.1) is 0 Å². The lowest BCUT2D eigenvalue weighted by atomic mass is 9.81. The molecule has 2 unspecified atom stereocenters. The molecule has 2 saturated carbocycles. The van der Waals surface area contributed by atoms with E-state index in [1.165, 1.54) is 49.2 Å². The van der Waals surface area contributed by atoms with Crippen molar-refractivity contribution >= 4 is 23.6 Å². The molecule has 0 aromatic heterocycles. The topological polar surface area (TPSA) is 132 Å². The minimum absolute atomic E-state index is 0.00589. The Morgan fingerprint density at radius 1 is 0.690 bits per heavy atom. The molecule has 2 atom stereocenters. The normalized spacial score (nSPS) is 20.8. The van der Waals surface area contributed by atoms with Gasteiger partial charge in [0.05, 0.1) is 39.6 Å². The number of ether oxygens (including phenoxy) is 4. The van der Waals surface area contributed by atoms with Crippen LogP contribution in [0.2, 0.25) is 0 Å². The summed E-state index contributed by atoms with van der Waals surface area (Å²) in [6, 6.07) is 0. The smallest absolute Gasteiger partial charge is 0.253 e. The van der Waals surface area contributed by atoms with Crippen LogP contribution >= 0.6 is 0 Å². The van der Waals surface area contributed by atoms with Gasteiger partial charge in [0, 0.05) is 58.8 Å². The zero-order valence-corrected chi connectivity index (χ0v) is 25.7. The summed E-state index contributed by atoms with van der Waals surface area (Å²) in [7, 11) is 3.25. The first-order valence-corrected chi connectivity index (χ1v) is 15.6. The van der Waals surface area contributed by atoms with E-state index in [0.717, 1.165) is 32.2 Å². The predicted molar refractivity (Wildman–Crippen MR) is 159 cm³/mol. The quantitative estimate of drug-likeness (QED) is 0.183. The van der Waals surface area contributed by atoms with Crippen molar-refractivity contribution in [3.05, 3.63) is 12.2 Å². The summed E-state index contributed by atoms with van der Waals surface area (Å²) in [5, 5.41) is 5.96. The molecule has 11 nitrogen and oxygen atoms in total. The van der Waals surface area contributed by atoms with Crippen LogP contribution in [0.4, 0.5) is 0 Å². The number of hydrogen-bond donors (Lipinski definition) is 2. The molecule has 0 aromatic rings. The van der Waals surface area contributed by atoms with Crippen molar-refractivity contribution in [1.29, 1.82) is 0 Å². The van der Waals surface area contributed by atoms with E-state index in [4.69, 9.17) is 18.9 Å². The number of hydrogen-bond acceptors (Lipinski definition) is 8. The van der Waals surface area contributed by atoms with Crippen LogP contribution < -0.4 is 10.6 Å². The summed E-state index contributed by atoms with van der Waals surface area (Å²) in [5.41, 5.74) is 0. The molecule has 2 N–H and O–H groups in total. The second-order valence-electron chi connectivity index (χ2n) is 11.3. The number of imide groups is 1. The van der Waals surface area contributed by atoms with Crippen LogP contribution in [0.15, 0.2) is 12.2 Å². The molecule has 0 aromatic carbocycles. The van der Waals surface area contributed by atoms with Crippen molar-refractivity contribution in [1.82, 2.24) is 15.5 Å². The number of nitrogens with zero attached hydrogens (tertiary/aromatic N) is 1. The molecular formula is C31H53N3O8. The zero-order valence-electron chi connectivity index (χ0n) is 25.7. The maximum atomic E-state index is 11.8. The van der Waals surface area contributed by atoms with E-state index in [0.29, 0.717) is 83.3 Å². The monoisotopic (exact) mass is 595 g/mol.